The molecule has 2 N–H and O–H groups in total. The lowest BCUT2D eigenvalue weighted by atomic mass is 10.1. The first-order valence-corrected chi connectivity index (χ1v) is 10.8. The number of nitrogens with zero attached hydrogens (tertiary/aromatic N) is 2. The first kappa shape index (κ1) is 23.6. The molecule has 0 saturated carbocycles. The molecule has 164 valence electrons. The normalized spacial score (nSPS) is 11.8. The van der Waals surface area contributed by atoms with Crippen molar-refractivity contribution >= 4 is 49.7 Å². The Balaban J connectivity index is 1.61. The predicted octanol–water partition coefficient (Wildman–Crippen LogP) is 4.88. The van der Waals surface area contributed by atoms with Crippen molar-refractivity contribution in [3.8, 4) is 5.75 Å². The second-order valence-corrected chi connectivity index (χ2v) is 8.28. The second kappa shape index (κ2) is 11.0. The van der Waals surface area contributed by atoms with Gasteiger partial charge in [-0.15, -0.1) is 0 Å². The minimum absolute atomic E-state index is 0.0168. The van der Waals surface area contributed by atoms with Crippen molar-refractivity contribution in [2.24, 2.45) is 5.10 Å². The van der Waals surface area contributed by atoms with E-state index in [1.807, 2.05) is 0 Å². The molecule has 8 nitrogen and oxygen atoms in total. The van der Waals surface area contributed by atoms with Gasteiger partial charge in [0.15, 0.2) is 6.10 Å². The SMILES string of the molecule is O=C(N/N=C\c1cc(Br)c(OCc2ccc([N+](=O)[O-])cc2)c(Br)c1)[C@@H](O)c1ccccc1. The van der Waals surface area contributed by atoms with Gasteiger partial charge in [0.25, 0.3) is 11.6 Å². The minimum atomic E-state index is -1.32. The fourth-order valence-corrected chi connectivity index (χ4v) is 4.13. The lowest BCUT2D eigenvalue weighted by molar-refractivity contribution is -0.384. The molecule has 10 heteroatoms. The van der Waals surface area contributed by atoms with Crippen molar-refractivity contribution in [2.45, 2.75) is 12.7 Å². The van der Waals surface area contributed by atoms with Gasteiger partial charge in [-0.1, -0.05) is 30.3 Å². The van der Waals surface area contributed by atoms with Crippen LogP contribution in [0.4, 0.5) is 5.69 Å². The van der Waals surface area contributed by atoms with Crippen molar-refractivity contribution in [1.82, 2.24) is 5.43 Å². The van der Waals surface area contributed by atoms with Crippen LogP contribution in [0.1, 0.15) is 22.8 Å². The van der Waals surface area contributed by atoms with Crippen LogP contribution >= 0.6 is 31.9 Å². The van der Waals surface area contributed by atoms with Crippen LogP contribution in [0.25, 0.3) is 0 Å². The number of carbonyl (C=O) groups is 1. The summed E-state index contributed by atoms with van der Waals surface area (Å²) in [4.78, 5) is 22.3. The average molecular weight is 563 g/mol. The van der Waals surface area contributed by atoms with Crippen LogP contribution in [-0.2, 0) is 11.4 Å². The number of nitro benzene ring substituents is 1. The number of amides is 1. The van der Waals surface area contributed by atoms with Gasteiger partial charge in [-0.25, -0.2) is 5.43 Å². The molecular weight excluding hydrogens is 546 g/mol. The summed E-state index contributed by atoms with van der Waals surface area (Å²) in [5.41, 5.74) is 4.25. The van der Waals surface area contributed by atoms with E-state index in [9.17, 15) is 20.0 Å². The van der Waals surface area contributed by atoms with Crippen molar-refractivity contribution in [2.75, 3.05) is 0 Å². The number of halogens is 2. The number of benzene rings is 3. The number of ether oxygens (including phenoxy) is 1. The summed E-state index contributed by atoms with van der Waals surface area (Å²) in [7, 11) is 0. The quantitative estimate of drug-likeness (QED) is 0.231. The Bertz CT molecular complexity index is 1120. The summed E-state index contributed by atoms with van der Waals surface area (Å²) in [6.07, 6.45) is 0.118. The molecule has 3 aromatic rings. The molecule has 0 heterocycles. The lowest BCUT2D eigenvalue weighted by Gasteiger charge is -2.11. The number of hydrogen-bond acceptors (Lipinski definition) is 6. The number of aliphatic hydroxyl groups is 1. The second-order valence-electron chi connectivity index (χ2n) is 6.57. The van der Waals surface area contributed by atoms with Crippen molar-refractivity contribution < 1.29 is 19.6 Å². The van der Waals surface area contributed by atoms with E-state index in [4.69, 9.17) is 4.74 Å². The Kier molecular flexibility index (Phi) is 8.09. The Hall–Kier alpha value is -3.08. The number of hydrogen-bond donors (Lipinski definition) is 2. The number of nitrogens with one attached hydrogen (secondary N) is 1. The van der Waals surface area contributed by atoms with Gasteiger partial charge in [-0.05, 0) is 72.8 Å². The third-order valence-corrected chi connectivity index (χ3v) is 5.48. The van der Waals surface area contributed by atoms with Crippen LogP contribution in [-0.4, -0.2) is 22.2 Å². The van der Waals surface area contributed by atoms with E-state index in [0.29, 0.717) is 25.8 Å². The van der Waals surface area contributed by atoms with Crippen molar-refractivity contribution in [3.63, 3.8) is 0 Å². The zero-order valence-electron chi connectivity index (χ0n) is 16.4. The fourth-order valence-electron chi connectivity index (χ4n) is 2.68. The van der Waals surface area contributed by atoms with Crippen LogP contribution in [0.15, 0.2) is 80.8 Å². The number of rotatable bonds is 8. The molecule has 0 aliphatic heterocycles. The molecule has 0 unspecified atom stereocenters. The topological polar surface area (TPSA) is 114 Å². The third kappa shape index (κ3) is 6.22. The van der Waals surface area contributed by atoms with Crippen LogP contribution in [0.5, 0.6) is 5.75 Å². The number of non-ortho nitro benzene ring substituents is 1. The smallest absolute Gasteiger partial charge is 0.273 e. The van der Waals surface area contributed by atoms with E-state index in [1.54, 1.807) is 54.6 Å². The first-order chi connectivity index (χ1) is 15.3. The van der Waals surface area contributed by atoms with Gasteiger partial charge < -0.3 is 9.84 Å². The van der Waals surface area contributed by atoms with Gasteiger partial charge in [0, 0.05) is 12.1 Å². The molecule has 1 atom stereocenters. The summed E-state index contributed by atoms with van der Waals surface area (Å²) in [5.74, 6) is -0.0994. The number of aliphatic hydroxyl groups excluding tert-OH is 1. The van der Waals surface area contributed by atoms with E-state index in [0.717, 1.165) is 5.56 Å². The standard InChI is InChI=1S/C22H17Br2N3O5/c23-18-10-15(12-25-26-22(29)20(28)16-4-2-1-3-5-16)11-19(24)21(18)32-13-14-6-8-17(9-7-14)27(30)31/h1-12,20,28H,13H2,(H,26,29)/b25-12-/t20-/m0/s1. The zero-order valence-corrected chi connectivity index (χ0v) is 19.6. The monoisotopic (exact) mass is 561 g/mol. The largest absolute Gasteiger partial charge is 0.487 e. The highest BCUT2D eigenvalue weighted by atomic mass is 79.9. The molecule has 0 aromatic heterocycles. The van der Waals surface area contributed by atoms with Crippen LogP contribution < -0.4 is 10.2 Å². The maximum atomic E-state index is 12.0. The van der Waals surface area contributed by atoms with Gasteiger partial charge in [-0.2, -0.15) is 5.10 Å². The highest BCUT2D eigenvalue weighted by molar-refractivity contribution is 9.11. The summed E-state index contributed by atoms with van der Waals surface area (Å²) in [5, 5.41) is 24.7. The molecule has 3 rings (SSSR count). The number of carbonyl (C=O) groups excluding carboxylic acids is 1. The fraction of sp³-hybridized carbons (Fsp3) is 0.0909. The summed E-state index contributed by atoms with van der Waals surface area (Å²) in [6.45, 7) is 0.218. The number of nitro groups is 1. The molecule has 0 bridgehead atoms. The Morgan fingerprint density at radius 2 is 1.75 bits per heavy atom. The molecule has 0 spiro atoms. The third-order valence-electron chi connectivity index (χ3n) is 4.30. The van der Waals surface area contributed by atoms with Gasteiger partial charge in [0.05, 0.1) is 20.1 Å². The molecule has 0 aliphatic rings. The van der Waals surface area contributed by atoms with E-state index < -0.39 is 16.9 Å². The van der Waals surface area contributed by atoms with Crippen molar-refractivity contribution in [1.29, 1.82) is 0 Å². The first-order valence-electron chi connectivity index (χ1n) is 9.26. The zero-order chi connectivity index (χ0) is 23.1. The number of hydrazone groups is 1. The van der Waals surface area contributed by atoms with Gasteiger partial charge in [-0.3, -0.25) is 14.9 Å². The molecule has 3 aromatic carbocycles. The molecule has 32 heavy (non-hydrogen) atoms. The summed E-state index contributed by atoms with van der Waals surface area (Å²) in [6, 6.07) is 18.2. The molecular formula is C22H17Br2N3O5. The Labute approximate surface area is 200 Å². The molecule has 1 amide bonds. The predicted molar refractivity (Wildman–Crippen MR) is 126 cm³/mol. The highest BCUT2D eigenvalue weighted by Gasteiger charge is 2.16. The molecule has 0 fully saturated rings. The highest BCUT2D eigenvalue weighted by Crippen LogP contribution is 2.35. The van der Waals surface area contributed by atoms with Crippen LogP contribution in [0.2, 0.25) is 0 Å². The average Bonchev–Trinajstić information content (AvgIpc) is 2.78. The maximum Gasteiger partial charge on any atom is 0.273 e. The summed E-state index contributed by atoms with van der Waals surface area (Å²) >= 11 is 6.89. The van der Waals surface area contributed by atoms with Gasteiger partial charge in [0.1, 0.15) is 12.4 Å². The minimum Gasteiger partial charge on any atom is -0.487 e. The molecule has 0 aliphatic carbocycles. The Morgan fingerprint density at radius 1 is 1.12 bits per heavy atom. The van der Waals surface area contributed by atoms with Gasteiger partial charge in [0.2, 0.25) is 0 Å². The molecule has 0 saturated heterocycles. The maximum absolute atomic E-state index is 12.0. The van der Waals surface area contributed by atoms with E-state index in [1.165, 1.54) is 18.3 Å². The Morgan fingerprint density at radius 3 is 2.34 bits per heavy atom. The van der Waals surface area contributed by atoms with Crippen LogP contribution in [0, 0.1) is 10.1 Å². The molecule has 0 radical (unpaired) electrons. The van der Waals surface area contributed by atoms with E-state index >= 15 is 0 Å². The van der Waals surface area contributed by atoms with E-state index in [2.05, 4.69) is 42.4 Å². The van der Waals surface area contributed by atoms with Crippen LogP contribution in [0.3, 0.4) is 0 Å². The van der Waals surface area contributed by atoms with Crippen molar-refractivity contribution in [3.05, 3.63) is 102 Å². The lowest BCUT2D eigenvalue weighted by Crippen LogP contribution is -2.25. The van der Waals surface area contributed by atoms with E-state index in [-0.39, 0.29) is 12.3 Å². The summed E-state index contributed by atoms with van der Waals surface area (Å²) < 4.78 is 7.11. The van der Waals surface area contributed by atoms with Gasteiger partial charge >= 0.3 is 0 Å².